The van der Waals surface area contributed by atoms with E-state index in [1.54, 1.807) is 0 Å². The number of fused-ring (bicyclic) bond motifs is 5. The molecule has 4 aliphatic carbocycles. The van der Waals surface area contributed by atoms with Crippen LogP contribution in [0.1, 0.15) is 71.6 Å². The zero-order valence-electron chi connectivity index (χ0n) is 15.9. The van der Waals surface area contributed by atoms with Crippen molar-refractivity contribution in [3.05, 3.63) is 0 Å². The van der Waals surface area contributed by atoms with E-state index < -0.39 is 11.8 Å². The summed E-state index contributed by atoms with van der Waals surface area (Å²) in [6.07, 6.45) is 1.80. The van der Waals surface area contributed by atoms with E-state index >= 15 is 0 Å². The summed E-state index contributed by atoms with van der Waals surface area (Å²) in [6, 6.07) is 0. The van der Waals surface area contributed by atoms with E-state index in [1.807, 2.05) is 6.92 Å². The quantitative estimate of drug-likeness (QED) is 0.683. The SMILES string of the molecule is CC(O)[C@H]1CC[C@H]2[C@@H]3CC[C@@H]4C[C@@](O)(C(F)(F)F)CC[C@@H]4[C@H]3CC[C@]12C. The highest BCUT2D eigenvalue weighted by atomic mass is 19.4. The molecule has 4 rings (SSSR count). The van der Waals surface area contributed by atoms with Crippen LogP contribution in [0.25, 0.3) is 0 Å². The first-order valence-electron chi connectivity index (χ1n) is 10.5. The monoisotopic (exact) mass is 374 g/mol. The van der Waals surface area contributed by atoms with Crippen molar-refractivity contribution in [2.45, 2.75) is 89.5 Å². The number of alkyl halides is 3. The molecule has 4 saturated carbocycles. The fourth-order valence-corrected chi connectivity index (χ4v) is 7.97. The minimum Gasteiger partial charge on any atom is -0.393 e. The van der Waals surface area contributed by atoms with Crippen molar-refractivity contribution in [2.24, 2.45) is 40.9 Å². The normalized spacial score (nSPS) is 52.7. The smallest absolute Gasteiger partial charge is 0.393 e. The van der Waals surface area contributed by atoms with Crippen LogP contribution in [0.15, 0.2) is 0 Å². The molecule has 0 aromatic rings. The molecule has 5 heteroatoms. The van der Waals surface area contributed by atoms with Gasteiger partial charge in [0.15, 0.2) is 5.60 Å². The van der Waals surface area contributed by atoms with Crippen molar-refractivity contribution in [3.8, 4) is 0 Å². The molecule has 2 nitrogen and oxygen atoms in total. The highest BCUT2D eigenvalue weighted by molar-refractivity contribution is 5.08. The van der Waals surface area contributed by atoms with Crippen molar-refractivity contribution in [3.63, 3.8) is 0 Å². The number of aliphatic hydroxyl groups is 2. The lowest BCUT2D eigenvalue weighted by molar-refractivity contribution is -0.282. The average Bonchev–Trinajstić information content (AvgIpc) is 2.90. The van der Waals surface area contributed by atoms with E-state index in [0.717, 1.165) is 38.5 Å². The van der Waals surface area contributed by atoms with Gasteiger partial charge >= 0.3 is 6.18 Å². The Morgan fingerprint density at radius 2 is 1.62 bits per heavy atom. The molecule has 0 aromatic heterocycles. The number of aliphatic hydroxyl groups excluding tert-OH is 1. The summed E-state index contributed by atoms with van der Waals surface area (Å²) in [4.78, 5) is 0. The highest BCUT2D eigenvalue weighted by Gasteiger charge is 2.62. The zero-order chi connectivity index (χ0) is 18.9. The minimum absolute atomic E-state index is 0.0231. The first-order valence-corrected chi connectivity index (χ1v) is 10.5. The molecule has 0 saturated heterocycles. The van der Waals surface area contributed by atoms with Gasteiger partial charge in [-0.15, -0.1) is 0 Å². The Kier molecular flexibility index (Phi) is 4.47. The molecule has 0 radical (unpaired) electrons. The van der Waals surface area contributed by atoms with Crippen LogP contribution in [-0.2, 0) is 0 Å². The lowest BCUT2D eigenvalue weighted by Gasteiger charge is -2.57. The van der Waals surface area contributed by atoms with Gasteiger partial charge in [-0.3, -0.25) is 0 Å². The minimum atomic E-state index is -4.50. The number of rotatable bonds is 1. The molecule has 26 heavy (non-hydrogen) atoms. The standard InChI is InChI=1S/C21H33F3O2/c1-12(25)17-5-6-18-16-4-3-13-11-20(26,21(22,23)24)10-8-14(13)15(16)7-9-19(17,18)2/h12-18,25-26H,3-11H2,1-2H3/t12?,13-,14+,15-,16-,17-,18+,19-,20-/m1/s1. The summed E-state index contributed by atoms with van der Waals surface area (Å²) >= 11 is 0. The van der Waals surface area contributed by atoms with Crippen molar-refractivity contribution >= 4 is 0 Å². The molecule has 0 aliphatic heterocycles. The Hall–Kier alpha value is -0.290. The molecule has 0 spiro atoms. The Morgan fingerprint density at radius 1 is 0.923 bits per heavy atom. The van der Waals surface area contributed by atoms with Crippen molar-refractivity contribution in [1.82, 2.24) is 0 Å². The lowest BCUT2D eigenvalue weighted by Crippen LogP contribution is -2.55. The number of hydrogen-bond acceptors (Lipinski definition) is 2. The third kappa shape index (κ3) is 2.67. The van der Waals surface area contributed by atoms with Crippen LogP contribution in [0.3, 0.4) is 0 Å². The molecule has 0 amide bonds. The van der Waals surface area contributed by atoms with Crippen LogP contribution in [0.2, 0.25) is 0 Å². The zero-order valence-corrected chi connectivity index (χ0v) is 15.9. The van der Waals surface area contributed by atoms with E-state index in [9.17, 15) is 23.4 Å². The first-order chi connectivity index (χ1) is 12.1. The third-order valence-corrected chi connectivity index (χ3v) is 9.19. The number of hydrogen-bond donors (Lipinski definition) is 2. The molecular weight excluding hydrogens is 341 g/mol. The summed E-state index contributed by atoms with van der Waals surface area (Å²) in [5.41, 5.74) is -2.27. The fourth-order valence-electron chi connectivity index (χ4n) is 7.97. The van der Waals surface area contributed by atoms with E-state index in [-0.39, 0.29) is 30.3 Å². The van der Waals surface area contributed by atoms with Crippen molar-refractivity contribution in [2.75, 3.05) is 0 Å². The molecule has 9 atom stereocenters. The van der Waals surface area contributed by atoms with Gasteiger partial charge < -0.3 is 10.2 Å². The topological polar surface area (TPSA) is 40.5 Å². The van der Waals surface area contributed by atoms with Gasteiger partial charge in [0.1, 0.15) is 0 Å². The highest BCUT2D eigenvalue weighted by Crippen LogP contribution is 2.65. The van der Waals surface area contributed by atoms with Gasteiger partial charge in [0.25, 0.3) is 0 Å². The van der Waals surface area contributed by atoms with E-state index in [4.69, 9.17) is 0 Å². The van der Waals surface area contributed by atoms with Gasteiger partial charge in [-0.1, -0.05) is 6.92 Å². The molecule has 1 unspecified atom stereocenters. The summed E-state index contributed by atoms with van der Waals surface area (Å²) in [5.74, 6) is 2.49. The van der Waals surface area contributed by atoms with Crippen LogP contribution in [-0.4, -0.2) is 28.1 Å². The fraction of sp³-hybridized carbons (Fsp3) is 1.00. The Labute approximate surface area is 154 Å². The molecule has 0 bridgehead atoms. The van der Waals surface area contributed by atoms with Gasteiger partial charge in [0, 0.05) is 0 Å². The Bertz CT molecular complexity index is 548. The maximum absolute atomic E-state index is 13.3. The maximum atomic E-state index is 13.3. The molecule has 4 fully saturated rings. The van der Waals surface area contributed by atoms with Crippen molar-refractivity contribution < 1.29 is 23.4 Å². The molecule has 2 N–H and O–H groups in total. The molecule has 150 valence electrons. The second kappa shape index (κ2) is 6.10. The van der Waals surface area contributed by atoms with E-state index in [0.29, 0.717) is 36.0 Å². The second-order valence-corrected chi connectivity index (χ2v) is 10.2. The lowest BCUT2D eigenvalue weighted by atomic mass is 9.48. The number of halogens is 3. The summed E-state index contributed by atoms with van der Waals surface area (Å²) in [7, 11) is 0. The van der Waals surface area contributed by atoms with Gasteiger partial charge in [-0.2, -0.15) is 13.2 Å². The average molecular weight is 374 g/mol. The van der Waals surface area contributed by atoms with Crippen LogP contribution in [0.5, 0.6) is 0 Å². The van der Waals surface area contributed by atoms with Gasteiger partial charge in [-0.05, 0) is 106 Å². The van der Waals surface area contributed by atoms with E-state index in [2.05, 4.69) is 6.92 Å². The second-order valence-electron chi connectivity index (χ2n) is 10.2. The Morgan fingerprint density at radius 3 is 2.27 bits per heavy atom. The Balaban J connectivity index is 1.52. The maximum Gasteiger partial charge on any atom is 0.417 e. The van der Waals surface area contributed by atoms with Crippen molar-refractivity contribution in [1.29, 1.82) is 0 Å². The third-order valence-electron chi connectivity index (χ3n) is 9.19. The predicted molar refractivity (Wildman–Crippen MR) is 93.3 cm³/mol. The molecular formula is C21H33F3O2. The largest absolute Gasteiger partial charge is 0.417 e. The van der Waals surface area contributed by atoms with Crippen LogP contribution >= 0.6 is 0 Å². The molecule has 0 aromatic carbocycles. The summed E-state index contributed by atoms with van der Waals surface area (Å²) in [5, 5.41) is 20.4. The first kappa shape index (κ1) is 19.0. The molecule has 4 aliphatic rings. The molecule has 0 heterocycles. The van der Waals surface area contributed by atoms with Crippen LogP contribution < -0.4 is 0 Å². The van der Waals surface area contributed by atoms with Gasteiger partial charge in [0.2, 0.25) is 0 Å². The predicted octanol–water partition coefficient (Wildman–Crippen LogP) is 4.93. The van der Waals surface area contributed by atoms with E-state index in [1.165, 1.54) is 0 Å². The summed E-state index contributed by atoms with van der Waals surface area (Å²) in [6.45, 7) is 4.27. The van der Waals surface area contributed by atoms with Crippen LogP contribution in [0.4, 0.5) is 13.2 Å². The van der Waals surface area contributed by atoms with Gasteiger partial charge in [0.05, 0.1) is 6.10 Å². The summed E-state index contributed by atoms with van der Waals surface area (Å²) < 4.78 is 39.9. The van der Waals surface area contributed by atoms with Crippen LogP contribution in [0, 0.1) is 40.9 Å². The van der Waals surface area contributed by atoms with Gasteiger partial charge in [-0.25, -0.2) is 0 Å².